The van der Waals surface area contributed by atoms with E-state index in [0.29, 0.717) is 16.5 Å². The molecule has 0 aliphatic carbocycles. The first-order valence-electron chi connectivity index (χ1n) is 5.96. The lowest BCUT2D eigenvalue weighted by Crippen LogP contribution is -2.41. The smallest absolute Gasteiger partial charge is 0.260 e. The third-order valence-corrected chi connectivity index (χ3v) is 2.88. The van der Waals surface area contributed by atoms with Crippen molar-refractivity contribution in [2.24, 2.45) is 0 Å². The minimum Gasteiger partial charge on any atom is -0.479 e. The average molecular weight is 271 g/mol. The number of nitrogens with two attached hydrogens (primary N) is 1. The van der Waals surface area contributed by atoms with Crippen molar-refractivity contribution in [3.8, 4) is 5.75 Å². The van der Waals surface area contributed by atoms with E-state index in [9.17, 15) is 4.79 Å². The van der Waals surface area contributed by atoms with Gasteiger partial charge in [0, 0.05) is 11.1 Å². The number of nitrogens with one attached hydrogen (secondary N) is 1. The van der Waals surface area contributed by atoms with Crippen molar-refractivity contribution < 1.29 is 9.53 Å². The first-order valence-corrected chi connectivity index (χ1v) is 6.34. The van der Waals surface area contributed by atoms with Gasteiger partial charge in [-0.1, -0.05) is 18.5 Å². The Morgan fingerprint density at radius 1 is 1.50 bits per heavy atom. The van der Waals surface area contributed by atoms with Crippen LogP contribution in [0, 0.1) is 0 Å². The molecule has 18 heavy (non-hydrogen) atoms. The molecule has 2 atom stereocenters. The van der Waals surface area contributed by atoms with E-state index in [2.05, 4.69) is 5.32 Å². The topological polar surface area (TPSA) is 64.3 Å². The van der Waals surface area contributed by atoms with Crippen LogP contribution in [0.2, 0.25) is 5.02 Å². The van der Waals surface area contributed by atoms with Gasteiger partial charge >= 0.3 is 0 Å². The molecular formula is C13H19ClN2O2. The Balaban J connectivity index is 2.63. The highest BCUT2D eigenvalue weighted by Crippen LogP contribution is 2.25. The molecule has 100 valence electrons. The number of carbonyl (C=O) groups excluding carboxylic acids is 1. The molecule has 0 aliphatic heterocycles. The molecule has 1 aromatic rings. The van der Waals surface area contributed by atoms with Gasteiger partial charge in [0.05, 0.1) is 5.69 Å². The van der Waals surface area contributed by atoms with Crippen LogP contribution in [0.5, 0.6) is 5.75 Å². The summed E-state index contributed by atoms with van der Waals surface area (Å²) in [6, 6.07) is 5.05. The second-order valence-corrected chi connectivity index (χ2v) is 4.70. The molecule has 3 N–H and O–H groups in total. The first-order chi connectivity index (χ1) is 8.43. The SMILES string of the molecule is CCC(C)NC(=O)C(C)Oc1ccc(Cl)cc1N. The predicted molar refractivity (Wildman–Crippen MR) is 73.9 cm³/mol. The summed E-state index contributed by atoms with van der Waals surface area (Å²) in [5, 5.41) is 3.39. The number of nitrogen functional groups attached to an aromatic ring is 1. The lowest BCUT2D eigenvalue weighted by atomic mass is 10.2. The summed E-state index contributed by atoms with van der Waals surface area (Å²) in [4.78, 5) is 11.8. The summed E-state index contributed by atoms with van der Waals surface area (Å²) in [7, 11) is 0. The summed E-state index contributed by atoms with van der Waals surface area (Å²) in [6.07, 6.45) is 0.282. The number of hydrogen-bond donors (Lipinski definition) is 2. The monoisotopic (exact) mass is 270 g/mol. The molecule has 0 heterocycles. The molecule has 4 nitrogen and oxygen atoms in total. The number of amides is 1. The first kappa shape index (κ1) is 14.6. The molecule has 2 unspecified atom stereocenters. The summed E-state index contributed by atoms with van der Waals surface area (Å²) in [5.41, 5.74) is 6.18. The number of carbonyl (C=O) groups is 1. The highest BCUT2D eigenvalue weighted by atomic mass is 35.5. The highest BCUT2D eigenvalue weighted by Gasteiger charge is 2.17. The van der Waals surface area contributed by atoms with Crippen molar-refractivity contribution in [1.82, 2.24) is 5.32 Å². The number of anilines is 1. The van der Waals surface area contributed by atoms with Crippen LogP contribution in [0.25, 0.3) is 0 Å². The fourth-order valence-electron chi connectivity index (χ4n) is 1.33. The van der Waals surface area contributed by atoms with Gasteiger partial charge in [-0.2, -0.15) is 0 Å². The zero-order valence-electron chi connectivity index (χ0n) is 10.9. The number of rotatable bonds is 5. The molecule has 1 amide bonds. The third-order valence-electron chi connectivity index (χ3n) is 2.65. The summed E-state index contributed by atoms with van der Waals surface area (Å²) in [6.45, 7) is 5.64. The van der Waals surface area contributed by atoms with E-state index in [1.165, 1.54) is 0 Å². The molecule has 0 saturated carbocycles. The van der Waals surface area contributed by atoms with Gasteiger partial charge in [-0.3, -0.25) is 4.79 Å². The Labute approximate surface area is 112 Å². The quantitative estimate of drug-likeness (QED) is 0.809. The maximum absolute atomic E-state index is 11.8. The number of benzene rings is 1. The van der Waals surface area contributed by atoms with E-state index in [4.69, 9.17) is 22.1 Å². The Bertz CT molecular complexity index is 423. The molecule has 0 aromatic heterocycles. The van der Waals surface area contributed by atoms with E-state index in [0.717, 1.165) is 6.42 Å². The van der Waals surface area contributed by atoms with Gasteiger partial charge in [0.1, 0.15) is 5.75 Å². The fourth-order valence-corrected chi connectivity index (χ4v) is 1.51. The van der Waals surface area contributed by atoms with Gasteiger partial charge in [0.15, 0.2) is 6.10 Å². The zero-order chi connectivity index (χ0) is 13.7. The van der Waals surface area contributed by atoms with Gasteiger partial charge in [0.2, 0.25) is 0 Å². The molecule has 0 bridgehead atoms. The molecule has 0 spiro atoms. The Morgan fingerprint density at radius 3 is 2.72 bits per heavy atom. The second kappa shape index (κ2) is 6.50. The van der Waals surface area contributed by atoms with Crippen LogP contribution in [0.4, 0.5) is 5.69 Å². The second-order valence-electron chi connectivity index (χ2n) is 4.26. The lowest BCUT2D eigenvalue weighted by molar-refractivity contribution is -0.127. The standard InChI is InChI=1S/C13H19ClN2O2/c1-4-8(2)16-13(17)9(3)18-12-6-5-10(14)7-11(12)15/h5-9H,4,15H2,1-3H3,(H,16,17). The van der Waals surface area contributed by atoms with E-state index in [1.807, 2.05) is 13.8 Å². The van der Waals surface area contributed by atoms with Crippen LogP contribution >= 0.6 is 11.6 Å². The van der Waals surface area contributed by atoms with Crippen LogP contribution in [-0.2, 0) is 4.79 Å². The number of halogens is 1. The van der Waals surface area contributed by atoms with Crippen molar-refractivity contribution in [3.05, 3.63) is 23.2 Å². The van der Waals surface area contributed by atoms with E-state index in [-0.39, 0.29) is 11.9 Å². The molecule has 1 rings (SSSR count). The molecule has 0 fully saturated rings. The molecule has 0 saturated heterocycles. The van der Waals surface area contributed by atoms with Gasteiger partial charge in [-0.05, 0) is 38.5 Å². The van der Waals surface area contributed by atoms with Crippen molar-refractivity contribution in [1.29, 1.82) is 0 Å². The minimum atomic E-state index is -0.595. The van der Waals surface area contributed by atoms with Crippen molar-refractivity contribution in [2.45, 2.75) is 39.3 Å². The highest BCUT2D eigenvalue weighted by molar-refractivity contribution is 6.30. The third kappa shape index (κ3) is 4.11. The van der Waals surface area contributed by atoms with Gasteiger partial charge in [0.25, 0.3) is 5.91 Å². The van der Waals surface area contributed by atoms with Gasteiger partial charge in [-0.15, -0.1) is 0 Å². The predicted octanol–water partition coefficient (Wildman–Crippen LogP) is 2.60. The van der Waals surface area contributed by atoms with Gasteiger partial charge < -0.3 is 15.8 Å². The largest absolute Gasteiger partial charge is 0.479 e. The van der Waals surface area contributed by atoms with Crippen LogP contribution < -0.4 is 15.8 Å². The molecule has 0 aliphatic rings. The average Bonchev–Trinajstić information content (AvgIpc) is 2.32. The number of ether oxygens (including phenoxy) is 1. The van der Waals surface area contributed by atoms with Gasteiger partial charge in [-0.25, -0.2) is 0 Å². The van der Waals surface area contributed by atoms with Crippen LogP contribution in [0.15, 0.2) is 18.2 Å². The summed E-state index contributed by atoms with van der Waals surface area (Å²) in [5.74, 6) is 0.310. The van der Waals surface area contributed by atoms with E-state index >= 15 is 0 Å². The summed E-state index contributed by atoms with van der Waals surface area (Å²) >= 11 is 5.79. The maximum atomic E-state index is 11.8. The van der Waals surface area contributed by atoms with E-state index < -0.39 is 6.10 Å². The molecule has 5 heteroatoms. The van der Waals surface area contributed by atoms with Crippen molar-refractivity contribution in [2.75, 3.05) is 5.73 Å². The van der Waals surface area contributed by atoms with E-state index in [1.54, 1.807) is 25.1 Å². The molecule has 0 radical (unpaired) electrons. The summed E-state index contributed by atoms with van der Waals surface area (Å²) < 4.78 is 5.51. The molecular weight excluding hydrogens is 252 g/mol. The van der Waals surface area contributed by atoms with Crippen LogP contribution in [0.1, 0.15) is 27.2 Å². The zero-order valence-corrected chi connectivity index (χ0v) is 11.6. The Morgan fingerprint density at radius 2 is 2.17 bits per heavy atom. The van der Waals surface area contributed by atoms with Crippen LogP contribution in [-0.4, -0.2) is 18.1 Å². The Kier molecular flexibility index (Phi) is 5.28. The number of hydrogen-bond acceptors (Lipinski definition) is 3. The lowest BCUT2D eigenvalue weighted by Gasteiger charge is -2.18. The Hall–Kier alpha value is -1.42. The fraction of sp³-hybridized carbons (Fsp3) is 0.462. The van der Waals surface area contributed by atoms with Crippen molar-refractivity contribution in [3.63, 3.8) is 0 Å². The van der Waals surface area contributed by atoms with Crippen LogP contribution in [0.3, 0.4) is 0 Å². The molecule has 1 aromatic carbocycles. The normalized spacial score (nSPS) is 13.8. The maximum Gasteiger partial charge on any atom is 0.260 e. The minimum absolute atomic E-state index is 0.131. The van der Waals surface area contributed by atoms with Crippen molar-refractivity contribution >= 4 is 23.2 Å².